The van der Waals surface area contributed by atoms with Crippen molar-refractivity contribution in [2.24, 2.45) is 0 Å². The summed E-state index contributed by atoms with van der Waals surface area (Å²) in [6.45, 7) is 2.47. The lowest BCUT2D eigenvalue weighted by Crippen LogP contribution is -2.40. The lowest BCUT2D eigenvalue weighted by molar-refractivity contribution is -0.0172. The van der Waals surface area contributed by atoms with E-state index >= 15 is 0 Å². The van der Waals surface area contributed by atoms with Crippen LogP contribution in [-0.2, 0) is 4.74 Å². The van der Waals surface area contributed by atoms with Crippen molar-refractivity contribution in [3.8, 4) is 0 Å². The van der Waals surface area contributed by atoms with Crippen molar-refractivity contribution in [3.05, 3.63) is 0 Å². The SMILES string of the molecule is CC1O[C@H](CO)[C@@H](O)[C@@]1(C)F. The summed E-state index contributed by atoms with van der Waals surface area (Å²) in [5, 5.41) is 17.9. The second kappa shape index (κ2) is 2.69. The summed E-state index contributed by atoms with van der Waals surface area (Å²) >= 11 is 0. The molecular weight excluding hydrogens is 151 g/mol. The zero-order chi connectivity index (χ0) is 8.65. The van der Waals surface area contributed by atoms with Gasteiger partial charge < -0.3 is 14.9 Å². The predicted octanol–water partition coefficient (Wildman–Crippen LogP) is -0.145. The molecule has 1 aliphatic heterocycles. The van der Waals surface area contributed by atoms with Gasteiger partial charge in [0.25, 0.3) is 0 Å². The quantitative estimate of drug-likeness (QED) is 0.567. The van der Waals surface area contributed by atoms with Gasteiger partial charge in [-0.15, -0.1) is 0 Å². The Hall–Kier alpha value is -0.190. The van der Waals surface area contributed by atoms with E-state index in [1.165, 1.54) is 6.92 Å². The highest BCUT2D eigenvalue weighted by Gasteiger charge is 2.51. The van der Waals surface area contributed by atoms with E-state index in [2.05, 4.69) is 0 Å². The average Bonchev–Trinajstić information content (AvgIpc) is 2.14. The summed E-state index contributed by atoms with van der Waals surface area (Å²) in [6, 6.07) is 0. The van der Waals surface area contributed by atoms with Crippen LogP contribution in [0.1, 0.15) is 13.8 Å². The minimum absolute atomic E-state index is 0.342. The van der Waals surface area contributed by atoms with Crippen LogP contribution in [-0.4, -0.2) is 40.8 Å². The molecule has 1 unspecified atom stereocenters. The van der Waals surface area contributed by atoms with Gasteiger partial charge in [-0.25, -0.2) is 4.39 Å². The van der Waals surface area contributed by atoms with E-state index in [0.717, 1.165) is 0 Å². The normalized spacial score (nSPS) is 51.5. The monoisotopic (exact) mass is 164 g/mol. The molecule has 1 rings (SSSR count). The van der Waals surface area contributed by atoms with Crippen molar-refractivity contribution in [2.45, 2.75) is 37.8 Å². The number of alkyl halides is 1. The van der Waals surface area contributed by atoms with Crippen molar-refractivity contribution in [3.63, 3.8) is 0 Å². The van der Waals surface area contributed by atoms with Crippen molar-refractivity contribution < 1.29 is 19.3 Å². The Kier molecular flexibility index (Phi) is 2.18. The molecule has 2 N–H and O–H groups in total. The molecule has 1 saturated heterocycles. The van der Waals surface area contributed by atoms with Gasteiger partial charge in [-0.2, -0.15) is 0 Å². The first-order valence-electron chi connectivity index (χ1n) is 3.63. The topological polar surface area (TPSA) is 49.7 Å². The van der Waals surface area contributed by atoms with E-state index in [1.807, 2.05) is 0 Å². The molecule has 0 bridgehead atoms. The highest BCUT2D eigenvalue weighted by molar-refractivity contribution is 4.98. The third-order valence-electron chi connectivity index (χ3n) is 2.28. The molecule has 1 aliphatic rings. The molecule has 66 valence electrons. The van der Waals surface area contributed by atoms with Gasteiger partial charge >= 0.3 is 0 Å². The van der Waals surface area contributed by atoms with Gasteiger partial charge in [0.15, 0.2) is 5.67 Å². The first kappa shape index (κ1) is 8.90. The number of rotatable bonds is 1. The maximum absolute atomic E-state index is 13.3. The van der Waals surface area contributed by atoms with Gasteiger partial charge in [-0.1, -0.05) is 0 Å². The van der Waals surface area contributed by atoms with E-state index in [9.17, 15) is 9.50 Å². The molecule has 0 amide bonds. The van der Waals surface area contributed by atoms with Gasteiger partial charge in [0.1, 0.15) is 12.2 Å². The van der Waals surface area contributed by atoms with Crippen molar-refractivity contribution in [2.75, 3.05) is 6.61 Å². The van der Waals surface area contributed by atoms with Gasteiger partial charge in [0.05, 0.1) is 12.7 Å². The first-order chi connectivity index (χ1) is 5.00. The molecule has 1 heterocycles. The van der Waals surface area contributed by atoms with Crippen LogP contribution in [0.5, 0.6) is 0 Å². The molecule has 0 radical (unpaired) electrons. The van der Waals surface area contributed by atoms with Crippen LogP contribution >= 0.6 is 0 Å². The number of ether oxygens (including phenoxy) is 1. The van der Waals surface area contributed by atoms with Crippen molar-refractivity contribution in [1.82, 2.24) is 0 Å². The molecule has 4 heteroatoms. The Morgan fingerprint density at radius 1 is 1.64 bits per heavy atom. The minimum Gasteiger partial charge on any atom is -0.394 e. The van der Waals surface area contributed by atoms with Gasteiger partial charge in [0, 0.05) is 0 Å². The summed E-state index contributed by atoms with van der Waals surface area (Å²) in [4.78, 5) is 0. The van der Waals surface area contributed by atoms with Crippen LogP contribution in [0.25, 0.3) is 0 Å². The van der Waals surface area contributed by atoms with Crippen LogP contribution in [0.15, 0.2) is 0 Å². The van der Waals surface area contributed by atoms with E-state index in [1.54, 1.807) is 6.92 Å². The smallest absolute Gasteiger partial charge is 0.162 e. The number of hydrogen-bond acceptors (Lipinski definition) is 3. The van der Waals surface area contributed by atoms with Crippen LogP contribution in [0.4, 0.5) is 4.39 Å². The van der Waals surface area contributed by atoms with E-state index in [4.69, 9.17) is 9.84 Å². The highest BCUT2D eigenvalue weighted by atomic mass is 19.1. The van der Waals surface area contributed by atoms with Crippen molar-refractivity contribution in [1.29, 1.82) is 0 Å². The third-order valence-corrected chi connectivity index (χ3v) is 2.28. The molecule has 0 aliphatic carbocycles. The summed E-state index contributed by atoms with van der Waals surface area (Å²) in [6.07, 6.45) is -2.66. The van der Waals surface area contributed by atoms with E-state index < -0.39 is 24.0 Å². The third kappa shape index (κ3) is 1.26. The zero-order valence-electron chi connectivity index (χ0n) is 6.62. The maximum Gasteiger partial charge on any atom is 0.162 e. The summed E-state index contributed by atoms with van der Waals surface area (Å²) in [7, 11) is 0. The molecule has 0 saturated carbocycles. The number of hydrogen-bond donors (Lipinski definition) is 2. The Morgan fingerprint density at radius 2 is 2.18 bits per heavy atom. The first-order valence-corrected chi connectivity index (χ1v) is 3.63. The summed E-state index contributed by atoms with van der Waals surface area (Å²) in [5.41, 5.74) is -1.74. The maximum atomic E-state index is 13.3. The molecule has 3 nitrogen and oxygen atoms in total. The van der Waals surface area contributed by atoms with Crippen LogP contribution < -0.4 is 0 Å². The number of halogens is 1. The molecule has 0 spiro atoms. The second-order valence-electron chi connectivity index (χ2n) is 3.10. The van der Waals surface area contributed by atoms with Crippen LogP contribution in [0.3, 0.4) is 0 Å². The number of aliphatic hydroxyl groups excluding tert-OH is 2. The molecule has 0 aromatic carbocycles. The fourth-order valence-electron chi connectivity index (χ4n) is 1.22. The van der Waals surface area contributed by atoms with Gasteiger partial charge in [-0.3, -0.25) is 0 Å². The largest absolute Gasteiger partial charge is 0.394 e. The molecule has 0 aromatic heterocycles. The Balaban J connectivity index is 2.71. The lowest BCUT2D eigenvalue weighted by atomic mass is 9.96. The van der Waals surface area contributed by atoms with E-state index in [0.29, 0.717) is 0 Å². The standard InChI is InChI=1S/C7H13FO3/c1-4-7(2,8)6(10)5(3-9)11-4/h4-6,9-10H,3H2,1-2H3/t4?,5-,6-,7+/m1/s1. The van der Waals surface area contributed by atoms with Crippen LogP contribution in [0.2, 0.25) is 0 Å². The van der Waals surface area contributed by atoms with Crippen molar-refractivity contribution >= 4 is 0 Å². The van der Waals surface area contributed by atoms with E-state index in [-0.39, 0.29) is 6.61 Å². The number of aliphatic hydroxyl groups is 2. The Morgan fingerprint density at radius 3 is 2.36 bits per heavy atom. The Labute approximate surface area is 64.8 Å². The molecule has 1 fully saturated rings. The lowest BCUT2D eigenvalue weighted by Gasteiger charge is -2.20. The van der Waals surface area contributed by atoms with Gasteiger partial charge in [-0.05, 0) is 13.8 Å². The molecular formula is C7H13FO3. The minimum atomic E-state index is -1.74. The summed E-state index contributed by atoms with van der Waals surface area (Å²) < 4.78 is 18.3. The summed E-state index contributed by atoms with van der Waals surface area (Å²) in [5.74, 6) is 0. The average molecular weight is 164 g/mol. The fraction of sp³-hybridized carbons (Fsp3) is 1.00. The highest BCUT2D eigenvalue weighted by Crippen LogP contribution is 2.33. The van der Waals surface area contributed by atoms with Crippen LogP contribution in [0, 0.1) is 0 Å². The fourth-order valence-corrected chi connectivity index (χ4v) is 1.22. The molecule has 11 heavy (non-hydrogen) atoms. The van der Waals surface area contributed by atoms with Gasteiger partial charge in [0.2, 0.25) is 0 Å². The predicted molar refractivity (Wildman–Crippen MR) is 36.9 cm³/mol. The Bertz CT molecular complexity index is 149. The molecule has 4 atom stereocenters. The second-order valence-corrected chi connectivity index (χ2v) is 3.10. The zero-order valence-corrected chi connectivity index (χ0v) is 6.62. The molecule has 0 aromatic rings.